The van der Waals surface area contributed by atoms with Crippen LogP contribution in [-0.4, -0.2) is 45.2 Å². The Morgan fingerprint density at radius 3 is 1.67 bits per heavy atom. The average Bonchev–Trinajstić information content (AvgIpc) is 3.00. The van der Waals surface area contributed by atoms with Crippen LogP contribution < -0.4 is 23.7 Å². The van der Waals surface area contributed by atoms with Gasteiger partial charge in [0.25, 0.3) is 0 Å². The van der Waals surface area contributed by atoms with Gasteiger partial charge in [-0.1, -0.05) is 13.2 Å². The third-order valence-corrected chi connectivity index (χ3v) is 5.21. The Balaban J connectivity index is 1.32. The van der Waals surface area contributed by atoms with Gasteiger partial charge in [-0.15, -0.1) is 0 Å². The predicted octanol–water partition coefficient (Wildman–Crippen LogP) is 6.07. The molecule has 0 fully saturated rings. The second-order valence-corrected chi connectivity index (χ2v) is 8.65. The summed E-state index contributed by atoms with van der Waals surface area (Å²) in [7, 11) is 0. The highest BCUT2D eigenvalue weighted by molar-refractivity contribution is 5.91. The van der Waals surface area contributed by atoms with Gasteiger partial charge in [-0.2, -0.15) is 4.89 Å². The van der Waals surface area contributed by atoms with Gasteiger partial charge in [0.15, 0.2) is 0 Å². The van der Waals surface area contributed by atoms with Crippen LogP contribution in [0.3, 0.4) is 0 Å². The molecule has 0 amide bonds. The number of benzene rings is 3. The Morgan fingerprint density at radius 2 is 1.14 bits per heavy atom. The van der Waals surface area contributed by atoms with E-state index in [0.717, 1.165) is 6.08 Å². The summed E-state index contributed by atoms with van der Waals surface area (Å²) in [5, 5.41) is 0. The molecule has 10 nitrogen and oxygen atoms in total. The first-order valence-corrected chi connectivity index (χ1v) is 13.2. The molecule has 0 atom stereocenters. The fraction of sp³-hybridized carbons (Fsp3) is 0.250. The topological polar surface area (TPSA) is 108 Å². The molecule has 0 heterocycles. The van der Waals surface area contributed by atoms with Crippen LogP contribution in [0.4, 0.5) is 0 Å². The van der Waals surface area contributed by atoms with E-state index in [1.807, 2.05) is 0 Å². The Labute approximate surface area is 244 Å². The first-order chi connectivity index (χ1) is 20.4. The van der Waals surface area contributed by atoms with Crippen LogP contribution in [0.2, 0.25) is 0 Å². The minimum atomic E-state index is -0.507. The molecule has 0 unspecified atom stereocenters. The van der Waals surface area contributed by atoms with E-state index in [1.165, 1.54) is 0 Å². The van der Waals surface area contributed by atoms with Crippen LogP contribution in [0.5, 0.6) is 28.7 Å². The van der Waals surface area contributed by atoms with Crippen molar-refractivity contribution >= 4 is 11.9 Å². The molecule has 3 aromatic carbocycles. The fourth-order valence-corrected chi connectivity index (χ4v) is 3.19. The van der Waals surface area contributed by atoms with Crippen LogP contribution in [0.15, 0.2) is 97.8 Å². The molecule has 0 spiro atoms. The first kappa shape index (κ1) is 31.6. The average molecular weight is 579 g/mol. The normalized spacial score (nSPS) is 10.2. The summed E-state index contributed by atoms with van der Waals surface area (Å²) in [5.74, 6) is 2.36. The van der Waals surface area contributed by atoms with Gasteiger partial charge in [-0.25, -0.2) is 9.59 Å². The molecule has 0 radical (unpaired) electrons. The summed E-state index contributed by atoms with van der Waals surface area (Å²) >= 11 is 0. The van der Waals surface area contributed by atoms with E-state index in [2.05, 4.69) is 13.2 Å². The maximum Gasteiger partial charge on any atom is 0.343 e. The molecular formula is C32H34O10. The van der Waals surface area contributed by atoms with Crippen molar-refractivity contribution in [1.82, 2.24) is 0 Å². The molecule has 0 aliphatic heterocycles. The van der Waals surface area contributed by atoms with E-state index in [4.69, 9.17) is 38.2 Å². The van der Waals surface area contributed by atoms with Crippen LogP contribution in [0.25, 0.3) is 0 Å². The molecule has 0 aliphatic carbocycles. The van der Waals surface area contributed by atoms with Crippen LogP contribution >= 0.6 is 0 Å². The summed E-state index contributed by atoms with van der Waals surface area (Å²) in [5.41, 5.74) is 0.370. The summed E-state index contributed by atoms with van der Waals surface area (Å²) in [6.07, 6.45) is 2.31. The number of hydrogen-bond acceptors (Lipinski definition) is 10. The predicted molar refractivity (Wildman–Crippen MR) is 154 cm³/mol. The van der Waals surface area contributed by atoms with E-state index in [9.17, 15) is 9.59 Å². The van der Waals surface area contributed by atoms with E-state index < -0.39 is 11.9 Å². The number of ether oxygens (including phenoxy) is 6. The zero-order valence-corrected chi connectivity index (χ0v) is 23.5. The highest BCUT2D eigenvalue weighted by Crippen LogP contribution is 2.21. The number of rotatable bonds is 19. The quantitative estimate of drug-likeness (QED) is 0.0243. The summed E-state index contributed by atoms with van der Waals surface area (Å²) in [6.45, 7) is 10.1. The van der Waals surface area contributed by atoms with Crippen molar-refractivity contribution in [2.45, 2.75) is 19.8 Å². The second kappa shape index (κ2) is 17.7. The van der Waals surface area contributed by atoms with Crippen molar-refractivity contribution in [3.8, 4) is 28.7 Å². The van der Waals surface area contributed by atoms with E-state index in [0.29, 0.717) is 72.7 Å². The molecule has 0 N–H and O–H groups in total. The van der Waals surface area contributed by atoms with Gasteiger partial charge in [0.1, 0.15) is 34.5 Å². The lowest BCUT2D eigenvalue weighted by atomic mass is 10.2. The Morgan fingerprint density at radius 1 is 0.667 bits per heavy atom. The molecule has 0 aliphatic rings. The molecule has 10 heteroatoms. The van der Waals surface area contributed by atoms with Crippen molar-refractivity contribution in [2.24, 2.45) is 0 Å². The minimum Gasteiger partial charge on any atom is -0.494 e. The van der Waals surface area contributed by atoms with Gasteiger partial charge in [0.2, 0.25) is 6.79 Å². The molecule has 222 valence electrons. The summed E-state index contributed by atoms with van der Waals surface area (Å²) < 4.78 is 32.8. The third-order valence-electron chi connectivity index (χ3n) is 5.21. The minimum absolute atomic E-state index is 0.00616. The number of carbonyl (C=O) groups is 2. The van der Waals surface area contributed by atoms with Gasteiger partial charge < -0.3 is 33.3 Å². The fourth-order valence-electron chi connectivity index (χ4n) is 3.19. The molecule has 0 bridgehead atoms. The maximum absolute atomic E-state index is 12.5. The van der Waals surface area contributed by atoms with Gasteiger partial charge in [0, 0.05) is 18.9 Å². The lowest BCUT2D eigenvalue weighted by Crippen LogP contribution is -2.09. The third kappa shape index (κ3) is 12.1. The molecule has 3 aromatic rings. The molecule has 0 saturated heterocycles. The Hall–Kier alpha value is -4.96. The van der Waals surface area contributed by atoms with Crippen molar-refractivity contribution in [3.63, 3.8) is 0 Å². The highest BCUT2D eigenvalue weighted by atomic mass is 17.2. The zero-order chi connectivity index (χ0) is 30.0. The number of hydrogen-bond donors (Lipinski definition) is 0. The van der Waals surface area contributed by atoms with E-state index >= 15 is 0 Å². The van der Waals surface area contributed by atoms with Crippen LogP contribution in [0, 0.1) is 0 Å². The highest BCUT2D eigenvalue weighted by Gasteiger charge is 2.09. The number of esters is 2. The van der Waals surface area contributed by atoms with E-state index in [-0.39, 0.29) is 13.4 Å². The maximum atomic E-state index is 12.5. The summed E-state index contributed by atoms with van der Waals surface area (Å²) in [4.78, 5) is 33.3. The van der Waals surface area contributed by atoms with Crippen molar-refractivity contribution in [1.29, 1.82) is 0 Å². The molecular weight excluding hydrogens is 544 g/mol. The standard InChI is InChI=1S/C32H34O10/c1-4-31(33)37-21-5-19-35-26-9-7-25(8-10-26)32(34)41-30-17-15-29(16-18-30)39-23-38-28-13-11-27(12-14-28)36-20-6-22-40-42-24(2)3/h4,7-18H,1-2,5-6,19-23H2,3H3. The largest absolute Gasteiger partial charge is 0.494 e. The van der Waals surface area contributed by atoms with Crippen molar-refractivity contribution in [2.75, 3.05) is 33.2 Å². The Kier molecular flexibility index (Phi) is 13.3. The number of carbonyl (C=O) groups excluding carboxylic acids is 2. The smallest absolute Gasteiger partial charge is 0.343 e. The second-order valence-electron chi connectivity index (χ2n) is 8.65. The van der Waals surface area contributed by atoms with Gasteiger partial charge in [-0.3, -0.25) is 0 Å². The van der Waals surface area contributed by atoms with Crippen LogP contribution in [-0.2, 0) is 19.3 Å². The molecule has 42 heavy (non-hydrogen) atoms. The zero-order valence-electron chi connectivity index (χ0n) is 23.5. The molecule has 0 aromatic heterocycles. The number of allylic oxidation sites excluding steroid dienone is 1. The van der Waals surface area contributed by atoms with Crippen LogP contribution in [0.1, 0.15) is 30.1 Å². The Bertz CT molecular complexity index is 1270. The summed E-state index contributed by atoms with van der Waals surface area (Å²) in [6, 6.07) is 20.3. The first-order valence-electron chi connectivity index (χ1n) is 13.2. The molecule has 3 rings (SSSR count). The lowest BCUT2D eigenvalue weighted by Gasteiger charge is -2.11. The van der Waals surface area contributed by atoms with Gasteiger partial charge in [0.05, 0.1) is 32.0 Å². The lowest BCUT2D eigenvalue weighted by molar-refractivity contribution is -0.261. The SMILES string of the molecule is C=CC(=O)OCCCOc1ccc(C(=O)Oc2ccc(OCOc3ccc(OCCCOOC(=C)C)cc3)cc2)cc1. The van der Waals surface area contributed by atoms with Gasteiger partial charge in [-0.05, 0) is 79.7 Å². The van der Waals surface area contributed by atoms with Crippen molar-refractivity contribution in [3.05, 3.63) is 103 Å². The van der Waals surface area contributed by atoms with E-state index in [1.54, 1.807) is 79.7 Å². The van der Waals surface area contributed by atoms with Gasteiger partial charge >= 0.3 is 11.9 Å². The monoisotopic (exact) mass is 578 g/mol. The molecule has 0 saturated carbocycles. The van der Waals surface area contributed by atoms with Crippen molar-refractivity contribution < 1.29 is 47.8 Å².